The third kappa shape index (κ3) is 3.95. The molecule has 0 saturated heterocycles. The standard InChI is InChI=1S/C20H28N/c1-5-21(3,4)17(2)16-20(18-12-8-6-9-13-18)19-14-10-7-11-15-19/h6-15,17,20H,5,16H2,1-4H3/q+1/i1D3,5D2. The molecular formula is C20H28N+. The molecule has 0 bridgehead atoms. The van der Waals surface area contributed by atoms with Gasteiger partial charge in [0.25, 0.3) is 0 Å². The van der Waals surface area contributed by atoms with Crippen LogP contribution in [-0.2, 0) is 0 Å². The second kappa shape index (κ2) is 6.91. The predicted molar refractivity (Wildman–Crippen MR) is 91.5 cm³/mol. The zero-order chi connectivity index (χ0) is 19.6. The van der Waals surface area contributed by atoms with Gasteiger partial charge < -0.3 is 4.48 Å². The summed E-state index contributed by atoms with van der Waals surface area (Å²) in [5.41, 5.74) is 2.31. The molecule has 0 amide bonds. The van der Waals surface area contributed by atoms with Crippen molar-refractivity contribution in [2.75, 3.05) is 20.6 Å². The lowest BCUT2D eigenvalue weighted by atomic mass is 9.85. The predicted octanol–water partition coefficient (Wildman–Crippen LogP) is 4.69. The van der Waals surface area contributed by atoms with Crippen molar-refractivity contribution in [1.82, 2.24) is 0 Å². The van der Waals surface area contributed by atoms with E-state index in [1.54, 1.807) is 14.1 Å². The Bertz CT molecular complexity index is 656. The summed E-state index contributed by atoms with van der Waals surface area (Å²) in [6.45, 7) is -3.08. The number of benzene rings is 2. The number of hydrogen-bond acceptors (Lipinski definition) is 0. The minimum Gasteiger partial charge on any atom is -0.326 e. The summed E-state index contributed by atoms with van der Waals surface area (Å²) < 4.78 is 39.2. The lowest BCUT2D eigenvalue weighted by Gasteiger charge is -2.37. The molecule has 0 aromatic heterocycles. The van der Waals surface area contributed by atoms with Crippen LogP contribution in [0.3, 0.4) is 0 Å². The fourth-order valence-corrected chi connectivity index (χ4v) is 2.55. The highest BCUT2D eigenvalue weighted by Crippen LogP contribution is 2.31. The van der Waals surface area contributed by atoms with Crippen LogP contribution in [0.25, 0.3) is 0 Å². The summed E-state index contributed by atoms with van der Waals surface area (Å²) in [4.78, 5) is 0. The number of nitrogens with zero attached hydrogens (tertiary/aromatic N) is 1. The van der Waals surface area contributed by atoms with Crippen molar-refractivity contribution >= 4 is 0 Å². The van der Waals surface area contributed by atoms with Crippen molar-refractivity contribution in [2.24, 2.45) is 0 Å². The third-order valence-electron chi connectivity index (χ3n) is 4.37. The van der Waals surface area contributed by atoms with Gasteiger partial charge in [0.05, 0.1) is 29.4 Å². The van der Waals surface area contributed by atoms with Crippen LogP contribution in [0, 0.1) is 0 Å². The fourth-order valence-electron chi connectivity index (χ4n) is 2.55. The normalized spacial score (nSPS) is 18.2. The zero-order valence-electron chi connectivity index (χ0n) is 18.1. The van der Waals surface area contributed by atoms with Gasteiger partial charge in [-0.1, -0.05) is 60.7 Å². The Balaban J connectivity index is 2.37. The topological polar surface area (TPSA) is 0 Å². The molecule has 0 aliphatic carbocycles. The van der Waals surface area contributed by atoms with Crippen molar-refractivity contribution in [1.29, 1.82) is 0 Å². The minimum atomic E-state index is -2.68. The quantitative estimate of drug-likeness (QED) is 0.676. The molecule has 1 atom stereocenters. The van der Waals surface area contributed by atoms with E-state index in [0.717, 1.165) is 11.1 Å². The Morgan fingerprint density at radius 2 is 1.43 bits per heavy atom. The monoisotopic (exact) mass is 287 g/mol. The third-order valence-corrected chi connectivity index (χ3v) is 4.37. The van der Waals surface area contributed by atoms with Crippen LogP contribution >= 0.6 is 0 Å². The Morgan fingerprint density at radius 3 is 1.86 bits per heavy atom. The lowest BCUT2D eigenvalue weighted by molar-refractivity contribution is -0.911. The first-order valence-electron chi connectivity index (χ1n) is 9.92. The molecule has 0 heterocycles. The Labute approximate surface area is 136 Å². The van der Waals surface area contributed by atoms with Gasteiger partial charge in [-0.3, -0.25) is 0 Å². The first-order valence-corrected chi connectivity index (χ1v) is 7.42. The molecule has 0 N–H and O–H groups in total. The molecule has 0 saturated carbocycles. The highest BCUT2D eigenvalue weighted by molar-refractivity contribution is 5.32. The molecule has 0 aliphatic rings. The van der Waals surface area contributed by atoms with E-state index in [1.807, 2.05) is 43.3 Å². The Kier molecular flexibility index (Phi) is 3.35. The number of rotatable bonds is 6. The van der Waals surface area contributed by atoms with Gasteiger partial charge in [-0.15, -0.1) is 0 Å². The summed E-state index contributed by atoms with van der Waals surface area (Å²) >= 11 is 0. The molecule has 1 heteroatoms. The van der Waals surface area contributed by atoms with E-state index in [1.165, 1.54) is 0 Å². The number of quaternary nitrogens is 1. The van der Waals surface area contributed by atoms with Crippen molar-refractivity contribution in [3.05, 3.63) is 71.8 Å². The average molecular weight is 287 g/mol. The molecule has 2 aromatic rings. The van der Waals surface area contributed by atoms with Gasteiger partial charge >= 0.3 is 0 Å². The maximum absolute atomic E-state index is 8.24. The van der Waals surface area contributed by atoms with Crippen LogP contribution in [0.4, 0.5) is 0 Å². The first-order chi connectivity index (χ1) is 12.0. The van der Waals surface area contributed by atoms with E-state index in [9.17, 15) is 0 Å². The van der Waals surface area contributed by atoms with Crippen LogP contribution in [0.15, 0.2) is 60.7 Å². The maximum atomic E-state index is 8.24. The highest BCUT2D eigenvalue weighted by Gasteiger charge is 2.26. The van der Waals surface area contributed by atoms with Gasteiger partial charge in [0.2, 0.25) is 0 Å². The van der Waals surface area contributed by atoms with Gasteiger partial charge in [0.1, 0.15) is 0 Å². The maximum Gasteiger partial charge on any atom is 0.0921 e. The molecule has 0 aliphatic heterocycles. The lowest BCUT2D eigenvalue weighted by Crippen LogP contribution is -2.47. The minimum absolute atomic E-state index is 0.0807. The van der Waals surface area contributed by atoms with Gasteiger partial charge in [-0.25, -0.2) is 0 Å². The van der Waals surface area contributed by atoms with Crippen molar-refractivity contribution in [3.8, 4) is 0 Å². The molecule has 0 spiro atoms. The Morgan fingerprint density at radius 1 is 0.952 bits per heavy atom. The molecular weight excluding hydrogens is 254 g/mol. The molecule has 112 valence electrons. The molecule has 0 radical (unpaired) electrons. The molecule has 21 heavy (non-hydrogen) atoms. The summed E-state index contributed by atoms with van der Waals surface area (Å²) in [6.07, 6.45) is 0.649. The van der Waals surface area contributed by atoms with Gasteiger partial charge in [0, 0.05) is 16.5 Å². The van der Waals surface area contributed by atoms with E-state index < -0.39 is 13.3 Å². The largest absolute Gasteiger partial charge is 0.326 e. The van der Waals surface area contributed by atoms with Gasteiger partial charge in [0.15, 0.2) is 0 Å². The summed E-state index contributed by atoms with van der Waals surface area (Å²) in [5, 5.41) is 0. The second-order valence-electron chi connectivity index (χ2n) is 6.11. The van der Waals surface area contributed by atoms with Crippen molar-refractivity contribution in [3.63, 3.8) is 0 Å². The number of hydrogen-bond donors (Lipinski definition) is 0. The van der Waals surface area contributed by atoms with Crippen LogP contribution < -0.4 is 0 Å². The van der Waals surface area contributed by atoms with Crippen LogP contribution in [0.5, 0.6) is 0 Å². The van der Waals surface area contributed by atoms with E-state index in [-0.39, 0.29) is 16.4 Å². The van der Waals surface area contributed by atoms with E-state index >= 15 is 0 Å². The zero-order valence-corrected chi connectivity index (χ0v) is 13.1. The fraction of sp³-hybridized carbons (Fsp3) is 0.400. The summed E-state index contributed by atoms with van der Waals surface area (Å²) in [6, 6.07) is 20.0. The van der Waals surface area contributed by atoms with E-state index in [2.05, 4.69) is 24.3 Å². The average Bonchev–Trinajstić information content (AvgIpc) is 2.59. The van der Waals surface area contributed by atoms with Crippen LogP contribution in [0.2, 0.25) is 0 Å². The van der Waals surface area contributed by atoms with Crippen molar-refractivity contribution < 1.29 is 11.3 Å². The van der Waals surface area contributed by atoms with E-state index in [4.69, 9.17) is 6.85 Å². The molecule has 0 fully saturated rings. The molecule has 2 aromatic carbocycles. The van der Waals surface area contributed by atoms with Gasteiger partial charge in [-0.05, 0) is 24.9 Å². The highest BCUT2D eigenvalue weighted by atomic mass is 15.3. The molecule has 1 nitrogen and oxygen atoms in total. The smallest absolute Gasteiger partial charge is 0.0921 e. The van der Waals surface area contributed by atoms with Crippen LogP contribution in [0.1, 0.15) is 44.1 Å². The van der Waals surface area contributed by atoms with Crippen molar-refractivity contribution in [2.45, 2.75) is 32.2 Å². The SMILES string of the molecule is [2H]C([2H])([2H])C([2H])([2H])[N+](C)(C)C(C)CC(c1ccccc1)c1ccccc1. The molecule has 2 rings (SSSR count). The van der Waals surface area contributed by atoms with E-state index in [0.29, 0.717) is 6.42 Å². The summed E-state index contributed by atoms with van der Waals surface area (Å²) in [5.74, 6) is 0.0807. The summed E-state index contributed by atoms with van der Waals surface area (Å²) in [7, 11) is 3.34. The van der Waals surface area contributed by atoms with Crippen LogP contribution in [-0.4, -0.2) is 31.1 Å². The first kappa shape index (κ1) is 10.2. The molecule has 1 unspecified atom stereocenters. The second-order valence-corrected chi connectivity index (χ2v) is 6.11. The van der Waals surface area contributed by atoms with Gasteiger partial charge in [-0.2, -0.15) is 0 Å². The Hall–Kier alpha value is -1.60.